The van der Waals surface area contributed by atoms with Crippen molar-refractivity contribution in [1.82, 2.24) is 0 Å². The first-order valence-corrected chi connectivity index (χ1v) is 6.66. The van der Waals surface area contributed by atoms with Crippen molar-refractivity contribution in [3.63, 3.8) is 0 Å². The molecule has 6 heteroatoms. The van der Waals surface area contributed by atoms with Crippen molar-refractivity contribution in [1.29, 1.82) is 0 Å². The summed E-state index contributed by atoms with van der Waals surface area (Å²) >= 11 is 1.50. The molecule has 0 bridgehead atoms. The summed E-state index contributed by atoms with van der Waals surface area (Å²) in [5.74, 6) is 0.559. The van der Waals surface area contributed by atoms with Crippen LogP contribution in [0.25, 0.3) is 0 Å². The van der Waals surface area contributed by atoms with Crippen molar-refractivity contribution in [3.8, 4) is 0 Å². The first-order chi connectivity index (χ1) is 6.64. The molecule has 0 saturated carbocycles. The Morgan fingerprint density at radius 2 is 1.93 bits per heavy atom. The molecule has 0 unspecified atom stereocenters. The predicted octanol–water partition coefficient (Wildman–Crippen LogP) is -1.13. The Kier molecular flexibility index (Phi) is 7.95. The summed E-state index contributed by atoms with van der Waals surface area (Å²) in [5.41, 5.74) is 0. The van der Waals surface area contributed by atoms with Gasteiger partial charge in [0, 0.05) is 10.6 Å². The fraction of sp³-hybridized carbons (Fsp3) is 0.333. The summed E-state index contributed by atoms with van der Waals surface area (Å²) in [6.45, 7) is 0. The first kappa shape index (κ1) is 15.5. The Balaban J connectivity index is 0. The monoisotopic (exact) mass is 256 g/mol. The average Bonchev–Trinajstić information content (AvgIpc) is 2.19. The molecule has 15 heavy (non-hydrogen) atoms. The van der Waals surface area contributed by atoms with E-state index in [0.717, 1.165) is 4.90 Å². The number of rotatable bonds is 5. The summed E-state index contributed by atoms with van der Waals surface area (Å²) < 4.78 is 26.2. The molecule has 1 aromatic carbocycles. The Morgan fingerprint density at radius 1 is 1.33 bits per heavy atom. The van der Waals surface area contributed by atoms with Crippen LogP contribution in [0.3, 0.4) is 0 Å². The molecule has 0 atom stereocenters. The zero-order chi connectivity index (χ0) is 10.4. The van der Waals surface area contributed by atoms with Gasteiger partial charge in [0.2, 0.25) is 0 Å². The Labute approximate surface area is 118 Å². The van der Waals surface area contributed by atoms with Crippen LogP contribution in [0.4, 0.5) is 0 Å². The molecule has 0 fully saturated rings. The van der Waals surface area contributed by atoms with E-state index in [-0.39, 0.29) is 36.7 Å². The normalized spacial score (nSPS) is 10.7. The number of benzene rings is 1. The molecule has 0 aromatic heterocycles. The summed E-state index contributed by atoms with van der Waals surface area (Å²) in [6, 6.07) is 9.67. The van der Waals surface area contributed by atoms with E-state index in [1.165, 1.54) is 18.9 Å². The van der Waals surface area contributed by atoms with Gasteiger partial charge >= 0.3 is 29.6 Å². The van der Waals surface area contributed by atoms with Gasteiger partial charge in [-0.3, -0.25) is 4.18 Å². The molecule has 0 spiro atoms. The van der Waals surface area contributed by atoms with Crippen LogP contribution in [0.1, 0.15) is 1.43 Å². The molecule has 80 valence electrons. The molecule has 0 heterocycles. The molecule has 0 radical (unpaired) electrons. The number of hydrogen-bond donors (Lipinski definition) is 0. The van der Waals surface area contributed by atoms with Crippen molar-refractivity contribution in [2.45, 2.75) is 4.90 Å². The summed E-state index contributed by atoms with van der Waals surface area (Å²) in [7, 11) is -2.13. The van der Waals surface area contributed by atoms with E-state index >= 15 is 0 Å². The quantitative estimate of drug-likeness (QED) is 0.380. The molecule has 0 aliphatic rings. The van der Waals surface area contributed by atoms with Gasteiger partial charge in [-0.05, 0) is 12.1 Å². The van der Waals surface area contributed by atoms with E-state index in [1.54, 1.807) is 0 Å². The van der Waals surface area contributed by atoms with Crippen molar-refractivity contribution in [2.75, 3.05) is 18.6 Å². The average molecular weight is 256 g/mol. The smallest absolute Gasteiger partial charge is 1.00 e. The third-order valence-electron chi connectivity index (χ3n) is 1.60. The third kappa shape index (κ3) is 6.60. The second-order valence-corrected chi connectivity index (χ2v) is 5.62. The van der Waals surface area contributed by atoms with Crippen LogP contribution in [-0.2, 0) is 14.3 Å². The van der Waals surface area contributed by atoms with Crippen LogP contribution < -0.4 is 29.6 Å². The minimum absolute atomic E-state index is 0. The maximum Gasteiger partial charge on any atom is 1.00 e. The predicted molar refractivity (Wildman–Crippen MR) is 59.1 cm³/mol. The molecule has 1 rings (SSSR count). The van der Waals surface area contributed by atoms with E-state index in [4.69, 9.17) is 0 Å². The Bertz CT molecular complexity index is 370. The van der Waals surface area contributed by atoms with Gasteiger partial charge in [0.05, 0.1) is 12.9 Å². The summed E-state index contributed by atoms with van der Waals surface area (Å²) in [4.78, 5) is 1.07. The van der Waals surface area contributed by atoms with Crippen molar-refractivity contribution >= 4 is 21.9 Å². The van der Waals surface area contributed by atoms with Crippen LogP contribution in [0.5, 0.6) is 0 Å². The third-order valence-corrected chi connectivity index (χ3v) is 4.08. The first-order valence-electron chi connectivity index (χ1n) is 4.10. The molecule has 0 N–H and O–H groups in total. The molecular formula is C9H13NaO3S2. The molecule has 3 nitrogen and oxygen atoms in total. The minimum atomic E-state index is -3.31. The largest absolute Gasteiger partial charge is 1.00 e. The van der Waals surface area contributed by atoms with Crippen LogP contribution in [0, 0.1) is 0 Å². The molecule has 0 saturated heterocycles. The maximum atomic E-state index is 11.0. The fourth-order valence-electron chi connectivity index (χ4n) is 0.862. The van der Waals surface area contributed by atoms with Crippen LogP contribution in [-0.4, -0.2) is 27.0 Å². The van der Waals surface area contributed by atoms with Gasteiger partial charge in [0.15, 0.2) is 0 Å². The Morgan fingerprint density at radius 3 is 2.47 bits per heavy atom. The standard InChI is InChI=1S/C9H12O3S2.Na.H/c1-12-14(10,11)8-7-13-9-5-3-2-4-6-9;;/h2-6H,7-8H2,1H3;;/q;+1;-1. The number of hydrogen-bond acceptors (Lipinski definition) is 4. The van der Waals surface area contributed by atoms with E-state index < -0.39 is 10.1 Å². The fourth-order valence-corrected chi connectivity index (χ4v) is 2.76. The van der Waals surface area contributed by atoms with Gasteiger partial charge in [-0.25, -0.2) is 0 Å². The Hall–Kier alpha value is 0.480. The number of thioether (sulfide) groups is 1. The summed E-state index contributed by atoms with van der Waals surface area (Å²) in [6.07, 6.45) is 0. The van der Waals surface area contributed by atoms with E-state index in [2.05, 4.69) is 4.18 Å². The SMILES string of the molecule is COS(=O)(=O)CCSc1ccccc1.[H-].[Na+]. The second kappa shape index (κ2) is 7.70. The van der Waals surface area contributed by atoms with Gasteiger partial charge in [-0.1, -0.05) is 18.2 Å². The van der Waals surface area contributed by atoms with Crippen molar-refractivity contribution in [3.05, 3.63) is 30.3 Å². The minimum Gasteiger partial charge on any atom is -1.00 e. The molecule has 0 aliphatic heterocycles. The topological polar surface area (TPSA) is 43.4 Å². The van der Waals surface area contributed by atoms with E-state index in [0.29, 0.717) is 5.75 Å². The van der Waals surface area contributed by atoms with Crippen LogP contribution in [0.2, 0.25) is 0 Å². The van der Waals surface area contributed by atoms with Crippen molar-refractivity contribution < 1.29 is 43.6 Å². The molecular weight excluding hydrogens is 243 g/mol. The summed E-state index contributed by atoms with van der Waals surface area (Å²) in [5, 5.41) is 0. The van der Waals surface area contributed by atoms with E-state index in [9.17, 15) is 8.42 Å². The van der Waals surface area contributed by atoms with Crippen molar-refractivity contribution in [2.24, 2.45) is 0 Å². The second-order valence-electron chi connectivity index (χ2n) is 2.59. The van der Waals surface area contributed by atoms with Crippen LogP contribution in [0.15, 0.2) is 35.2 Å². The van der Waals surface area contributed by atoms with E-state index in [1.807, 2.05) is 30.3 Å². The van der Waals surface area contributed by atoms with Crippen LogP contribution >= 0.6 is 11.8 Å². The zero-order valence-corrected chi connectivity index (χ0v) is 12.5. The van der Waals surface area contributed by atoms with Gasteiger partial charge in [0.25, 0.3) is 10.1 Å². The molecule has 0 aliphatic carbocycles. The maximum absolute atomic E-state index is 11.0. The molecule has 0 amide bonds. The van der Waals surface area contributed by atoms with Gasteiger partial charge in [0.1, 0.15) is 0 Å². The van der Waals surface area contributed by atoms with Gasteiger partial charge in [-0.2, -0.15) is 8.42 Å². The molecule has 1 aromatic rings. The zero-order valence-electron chi connectivity index (χ0n) is 9.84. The van der Waals surface area contributed by atoms with Gasteiger partial charge < -0.3 is 1.43 Å². The van der Waals surface area contributed by atoms with Gasteiger partial charge in [-0.15, -0.1) is 11.8 Å².